The minimum atomic E-state index is -0.242. The molecule has 0 atom stereocenters. The molecule has 1 aliphatic rings. The first-order valence-corrected chi connectivity index (χ1v) is 7.27. The van der Waals surface area contributed by atoms with Crippen molar-refractivity contribution in [2.24, 2.45) is 0 Å². The van der Waals surface area contributed by atoms with E-state index in [9.17, 15) is 9.18 Å². The maximum Gasteiger partial charge on any atom is 0.240 e. The lowest BCUT2D eigenvalue weighted by molar-refractivity contribution is -0.122. The van der Waals surface area contributed by atoms with Crippen molar-refractivity contribution in [2.45, 2.75) is 44.7 Å². The van der Waals surface area contributed by atoms with Gasteiger partial charge in [0.1, 0.15) is 12.4 Å². The highest BCUT2D eigenvalue weighted by Crippen LogP contribution is 2.20. The quantitative estimate of drug-likeness (QED) is 0.916. The third-order valence-electron chi connectivity index (χ3n) is 4.04. The van der Waals surface area contributed by atoms with Crippen molar-refractivity contribution in [1.82, 2.24) is 9.88 Å². The van der Waals surface area contributed by atoms with Gasteiger partial charge in [-0.25, -0.2) is 4.39 Å². The highest BCUT2D eigenvalue weighted by molar-refractivity contribution is 5.83. The van der Waals surface area contributed by atoms with E-state index in [0.29, 0.717) is 11.4 Å². The summed E-state index contributed by atoms with van der Waals surface area (Å²) < 4.78 is 15.4. The summed E-state index contributed by atoms with van der Waals surface area (Å²) in [5.74, 6) is -0.229. The molecule has 4 heteroatoms. The van der Waals surface area contributed by atoms with Gasteiger partial charge in [-0.05, 0) is 31.0 Å². The molecule has 1 aromatic heterocycles. The number of fused-ring (bicyclic) bond motifs is 1. The van der Waals surface area contributed by atoms with Crippen LogP contribution in [0.5, 0.6) is 0 Å². The Morgan fingerprint density at radius 3 is 2.85 bits per heavy atom. The molecule has 1 aliphatic carbocycles. The monoisotopic (exact) mass is 274 g/mol. The largest absolute Gasteiger partial charge is 0.352 e. The predicted octanol–water partition coefficient (Wildman–Crippen LogP) is 3.23. The predicted molar refractivity (Wildman–Crippen MR) is 76.9 cm³/mol. The van der Waals surface area contributed by atoms with Gasteiger partial charge in [-0.1, -0.05) is 25.3 Å². The third-order valence-corrected chi connectivity index (χ3v) is 4.04. The molecule has 1 aromatic carbocycles. The van der Waals surface area contributed by atoms with E-state index in [1.54, 1.807) is 22.9 Å². The number of hydrogen-bond acceptors (Lipinski definition) is 1. The van der Waals surface area contributed by atoms with Gasteiger partial charge < -0.3 is 9.88 Å². The zero-order chi connectivity index (χ0) is 13.9. The number of aromatic nitrogens is 1. The molecule has 0 spiro atoms. The van der Waals surface area contributed by atoms with Crippen LogP contribution in [0.3, 0.4) is 0 Å². The molecular formula is C16H19FN2O. The lowest BCUT2D eigenvalue weighted by Crippen LogP contribution is -2.38. The fraction of sp³-hybridized carbons (Fsp3) is 0.438. The topological polar surface area (TPSA) is 34.0 Å². The molecule has 0 bridgehead atoms. The normalized spacial score (nSPS) is 16.4. The number of halogens is 1. The van der Waals surface area contributed by atoms with Gasteiger partial charge in [-0.2, -0.15) is 0 Å². The van der Waals surface area contributed by atoms with Crippen LogP contribution >= 0.6 is 0 Å². The van der Waals surface area contributed by atoms with Crippen LogP contribution in [0, 0.1) is 5.82 Å². The van der Waals surface area contributed by atoms with Crippen molar-refractivity contribution in [3.8, 4) is 0 Å². The van der Waals surface area contributed by atoms with Gasteiger partial charge in [0, 0.05) is 17.6 Å². The lowest BCUT2D eigenvalue weighted by atomic mass is 9.95. The average Bonchev–Trinajstić information content (AvgIpc) is 2.84. The van der Waals surface area contributed by atoms with Crippen LogP contribution in [-0.4, -0.2) is 16.5 Å². The van der Waals surface area contributed by atoms with Gasteiger partial charge >= 0.3 is 0 Å². The van der Waals surface area contributed by atoms with Gasteiger partial charge in [0.25, 0.3) is 0 Å². The molecule has 106 valence electrons. The second-order valence-electron chi connectivity index (χ2n) is 5.52. The average molecular weight is 274 g/mol. The van der Waals surface area contributed by atoms with Gasteiger partial charge in [-0.15, -0.1) is 0 Å². The maximum atomic E-state index is 13.6. The van der Waals surface area contributed by atoms with Crippen molar-refractivity contribution in [3.05, 3.63) is 36.3 Å². The number of hydrogen-bond donors (Lipinski definition) is 1. The Kier molecular flexibility index (Phi) is 3.72. The van der Waals surface area contributed by atoms with Gasteiger partial charge in [0.2, 0.25) is 5.91 Å². The van der Waals surface area contributed by atoms with E-state index in [0.717, 1.165) is 18.4 Å². The van der Waals surface area contributed by atoms with Gasteiger partial charge in [0.15, 0.2) is 0 Å². The summed E-state index contributed by atoms with van der Waals surface area (Å²) in [6.45, 7) is 0.253. The summed E-state index contributed by atoms with van der Waals surface area (Å²) in [6, 6.07) is 6.99. The third kappa shape index (κ3) is 2.69. The maximum absolute atomic E-state index is 13.6. The van der Waals surface area contributed by atoms with Crippen LogP contribution in [0.4, 0.5) is 4.39 Å². The van der Waals surface area contributed by atoms with Crippen LogP contribution in [0.25, 0.3) is 10.9 Å². The van der Waals surface area contributed by atoms with E-state index in [2.05, 4.69) is 5.32 Å². The van der Waals surface area contributed by atoms with E-state index in [4.69, 9.17) is 0 Å². The molecule has 2 aromatic rings. The first-order chi connectivity index (χ1) is 9.74. The number of benzene rings is 1. The van der Waals surface area contributed by atoms with Crippen molar-refractivity contribution in [1.29, 1.82) is 0 Å². The summed E-state index contributed by atoms with van der Waals surface area (Å²) in [7, 11) is 0. The molecule has 0 saturated heterocycles. The van der Waals surface area contributed by atoms with Crippen LogP contribution in [0.15, 0.2) is 30.5 Å². The van der Waals surface area contributed by atoms with E-state index in [-0.39, 0.29) is 18.3 Å². The Balaban J connectivity index is 1.69. The van der Waals surface area contributed by atoms with Crippen LogP contribution in [-0.2, 0) is 11.3 Å². The van der Waals surface area contributed by atoms with Crippen LogP contribution < -0.4 is 5.32 Å². The Morgan fingerprint density at radius 1 is 1.25 bits per heavy atom. The SMILES string of the molecule is O=C(Cn1ccc2c(F)cccc21)NC1CCCCC1. The van der Waals surface area contributed by atoms with Crippen molar-refractivity contribution in [3.63, 3.8) is 0 Å². The van der Waals surface area contributed by atoms with E-state index in [1.165, 1.54) is 25.3 Å². The van der Waals surface area contributed by atoms with Crippen LogP contribution in [0.1, 0.15) is 32.1 Å². The Hall–Kier alpha value is -1.84. The zero-order valence-electron chi connectivity index (χ0n) is 11.4. The molecule has 1 fully saturated rings. The zero-order valence-corrected chi connectivity index (χ0v) is 11.4. The highest BCUT2D eigenvalue weighted by Gasteiger charge is 2.16. The van der Waals surface area contributed by atoms with Crippen molar-refractivity contribution < 1.29 is 9.18 Å². The molecule has 1 saturated carbocycles. The number of amides is 1. The number of nitrogens with one attached hydrogen (secondary N) is 1. The van der Waals surface area contributed by atoms with Crippen LogP contribution in [0.2, 0.25) is 0 Å². The summed E-state index contributed by atoms with van der Waals surface area (Å²) in [6.07, 6.45) is 7.59. The fourth-order valence-corrected chi connectivity index (χ4v) is 3.00. The highest BCUT2D eigenvalue weighted by atomic mass is 19.1. The Bertz CT molecular complexity index is 614. The molecule has 1 heterocycles. The first kappa shape index (κ1) is 13.2. The summed E-state index contributed by atoms with van der Waals surface area (Å²) in [5.41, 5.74) is 0.767. The number of rotatable bonds is 3. The molecule has 0 radical (unpaired) electrons. The molecule has 3 rings (SSSR count). The summed E-state index contributed by atoms with van der Waals surface area (Å²) >= 11 is 0. The Morgan fingerprint density at radius 2 is 2.05 bits per heavy atom. The van der Waals surface area contributed by atoms with E-state index >= 15 is 0 Å². The molecule has 20 heavy (non-hydrogen) atoms. The lowest BCUT2D eigenvalue weighted by Gasteiger charge is -2.22. The van der Waals surface area contributed by atoms with Crippen molar-refractivity contribution >= 4 is 16.8 Å². The fourth-order valence-electron chi connectivity index (χ4n) is 3.00. The Labute approximate surface area is 117 Å². The van der Waals surface area contributed by atoms with E-state index in [1.807, 2.05) is 6.07 Å². The minimum Gasteiger partial charge on any atom is -0.352 e. The van der Waals surface area contributed by atoms with Gasteiger partial charge in [0.05, 0.1) is 5.52 Å². The standard InChI is InChI=1S/C16H19FN2O/c17-14-7-4-8-15-13(14)9-10-19(15)11-16(20)18-12-5-2-1-3-6-12/h4,7-10,12H,1-3,5-6,11H2,(H,18,20). The molecule has 0 unspecified atom stereocenters. The van der Waals surface area contributed by atoms with Crippen molar-refractivity contribution in [2.75, 3.05) is 0 Å². The molecular weight excluding hydrogens is 255 g/mol. The number of carbonyl (C=O) groups is 1. The first-order valence-electron chi connectivity index (χ1n) is 7.27. The molecule has 1 amide bonds. The van der Waals surface area contributed by atoms with Gasteiger partial charge in [-0.3, -0.25) is 4.79 Å². The molecule has 1 N–H and O–H groups in total. The smallest absolute Gasteiger partial charge is 0.240 e. The number of nitrogens with zero attached hydrogens (tertiary/aromatic N) is 1. The molecule has 0 aliphatic heterocycles. The number of carbonyl (C=O) groups excluding carboxylic acids is 1. The van der Waals surface area contributed by atoms with E-state index < -0.39 is 0 Å². The summed E-state index contributed by atoms with van der Waals surface area (Å²) in [4.78, 5) is 12.1. The summed E-state index contributed by atoms with van der Waals surface area (Å²) in [5, 5.41) is 3.65. The second-order valence-corrected chi connectivity index (χ2v) is 5.52. The minimum absolute atomic E-state index is 0.0126. The second kappa shape index (κ2) is 5.65. The molecule has 3 nitrogen and oxygen atoms in total.